The van der Waals surface area contributed by atoms with Crippen molar-refractivity contribution >= 4 is 5.91 Å². The molecule has 0 saturated heterocycles. The Hall–Kier alpha value is -0.790. The summed E-state index contributed by atoms with van der Waals surface area (Å²) in [6.45, 7) is 1.78. The fourth-order valence-corrected chi connectivity index (χ4v) is 0.217. The molecule has 0 atom stereocenters. The van der Waals surface area contributed by atoms with Gasteiger partial charge in [0.2, 0.25) is 0 Å². The monoisotopic (exact) mass is 98.1 g/mol. The Morgan fingerprint density at radius 1 is 1.71 bits per heavy atom. The molecular weight excluding hydrogens is 90.1 g/mol. The Morgan fingerprint density at radius 2 is 2.29 bits per heavy atom. The number of rotatable bonds is 1. The molecule has 0 aliphatic heterocycles. The van der Waals surface area contributed by atoms with E-state index < -0.39 is 0 Å². The molecule has 0 aliphatic rings. The van der Waals surface area contributed by atoms with Gasteiger partial charge in [-0.1, -0.05) is 6.08 Å². The van der Waals surface area contributed by atoms with Crippen molar-refractivity contribution in [2.75, 3.05) is 7.05 Å². The van der Waals surface area contributed by atoms with Gasteiger partial charge in [0.05, 0.1) is 0 Å². The van der Waals surface area contributed by atoms with E-state index in [9.17, 15) is 4.79 Å². The van der Waals surface area contributed by atoms with E-state index in [0.29, 0.717) is 0 Å². The maximum Gasteiger partial charge on any atom is 0.264 e. The molecule has 0 spiro atoms. The summed E-state index contributed by atoms with van der Waals surface area (Å²) in [5.41, 5.74) is 0. The molecule has 39 valence electrons. The molecule has 0 aromatic rings. The lowest BCUT2D eigenvalue weighted by atomic mass is 10.5. The van der Waals surface area contributed by atoms with Gasteiger partial charge in [-0.05, 0) is 6.92 Å². The summed E-state index contributed by atoms with van der Waals surface area (Å²) in [6, 6.07) is 0. The van der Waals surface area contributed by atoms with E-state index in [-0.39, 0.29) is 5.91 Å². The van der Waals surface area contributed by atoms with Gasteiger partial charge in [0.1, 0.15) is 0 Å². The normalized spacial score (nSPS) is 9.43. The lowest BCUT2D eigenvalue weighted by Gasteiger charge is -1.80. The second-order valence-electron chi connectivity index (χ2n) is 1.06. The Bertz CT molecular complexity index is 86.1. The summed E-state index contributed by atoms with van der Waals surface area (Å²) >= 11 is 0. The molecule has 0 saturated carbocycles. The van der Waals surface area contributed by atoms with Crippen LogP contribution < -0.4 is 5.32 Å². The van der Waals surface area contributed by atoms with Gasteiger partial charge in [-0.2, -0.15) is 0 Å². The van der Waals surface area contributed by atoms with Crippen molar-refractivity contribution in [3.8, 4) is 0 Å². The van der Waals surface area contributed by atoms with E-state index in [1.165, 1.54) is 13.1 Å². The first kappa shape index (κ1) is 6.21. The van der Waals surface area contributed by atoms with Crippen LogP contribution in [0.4, 0.5) is 0 Å². The molecule has 0 heterocycles. The molecular formula is C5H8NO. The van der Waals surface area contributed by atoms with Crippen molar-refractivity contribution in [1.82, 2.24) is 5.32 Å². The zero-order chi connectivity index (χ0) is 5.70. The Labute approximate surface area is 43.2 Å². The van der Waals surface area contributed by atoms with Crippen LogP contribution in [0.15, 0.2) is 12.2 Å². The molecule has 0 bridgehead atoms. The number of nitrogens with zero attached hydrogens (tertiary/aromatic N) is 1. The van der Waals surface area contributed by atoms with Crippen LogP contribution in [0.3, 0.4) is 0 Å². The topological polar surface area (TPSA) is 31.2 Å². The molecule has 0 fully saturated rings. The van der Waals surface area contributed by atoms with Gasteiger partial charge in [-0.3, -0.25) is 10.1 Å². The van der Waals surface area contributed by atoms with E-state index in [2.05, 4.69) is 5.32 Å². The summed E-state index contributed by atoms with van der Waals surface area (Å²) < 4.78 is 0. The maximum atomic E-state index is 10.2. The van der Waals surface area contributed by atoms with Gasteiger partial charge in [0.15, 0.2) is 0 Å². The SMILES string of the molecule is C/C=C/C(=O)[N]C. The molecule has 0 aliphatic carbocycles. The third-order valence-electron chi connectivity index (χ3n) is 0.530. The van der Waals surface area contributed by atoms with Crippen LogP contribution in [0.5, 0.6) is 0 Å². The van der Waals surface area contributed by atoms with Gasteiger partial charge in [0.25, 0.3) is 5.91 Å². The third-order valence-corrected chi connectivity index (χ3v) is 0.530. The van der Waals surface area contributed by atoms with E-state index in [1.54, 1.807) is 13.0 Å². The van der Waals surface area contributed by atoms with Gasteiger partial charge < -0.3 is 0 Å². The first-order valence-corrected chi connectivity index (χ1v) is 2.07. The first-order valence-electron chi connectivity index (χ1n) is 2.07. The van der Waals surface area contributed by atoms with Crippen molar-refractivity contribution in [2.24, 2.45) is 0 Å². The lowest BCUT2D eigenvalue weighted by Crippen LogP contribution is -2.04. The van der Waals surface area contributed by atoms with Crippen LogP contribution >= 0.6 is 0 Å². The number of allylic oxidation sites excluding steroid dienone is 1. The predicted octanol–water partition coefficient (Wildman–Crippen LogP) is 0.323. The molecule has 0 aromatic heterocycles. The van der Waals surface area contributed by atoms with Gasteiger partial charge >= 0.3 is 0 Å². The van der Waals surface area contributed by atoms with Crippen molar-refractivity contribution in [1.29, 1.82) is 0 Å². The molecule has 2 nitrogen and oxygen atoms in total. The van der Waals surface area contributed by atoms with Crippen molar-refractivity contribution < 1.29 is 4.79 Å². The summed E-state index contributed by atoms with van der Waals surface area (Å²) in [5.74, 6) is -0.178. The highest BCUT2D eigenvalue weighted by atomic mass is 16.1. The lowest BCUT2D eigenvalue weighted by molar-refractivity contribution is -0.116. The number of hydrogen-bond acceptors (Lipinski definition) is 1. The third kappa shape index (κ3) is 3.03. The summed E-state index contributed by atoms with van der Waals surface area (Å²) in [4.78, 5) is 10.2. The standard InChI is InChI=1S/C5H8NO/c1-3-4-5(7)6-2/h3-4H,1-2H3/b4-3+. The van der Waals surface area contributed by atoms with Crippen molar-refractivity contribution in [3.05, 3.63) is 12.2 Å². The molecule has 7 heavy (non-hydrogen) atoms. The molecule has 0 unspecified atom stereocenters. The molecule has 0 rings (SSSR count). The molecule has 1 radical (unpaired) electrons. The minimum atomic E-state index is -0.178. The Balaban J connectivity index is 3.37. The molecule has 0 N–H and O–H groups in total. The highest BCUT2D eigenvalue weighted by Crippen LogP contribution is 1.68. The number of carbonyl (C=O) groups is 1. The smallest absolute Gasteiger partial charge is 0.264 e. The molecule has 0 aromatic carbocycles. The van der Waals surface area contributed by atoms with Gasteiger partial charge in [0, 0.05) is 13.1 Å². The highest BCUT2D eigenvalue weighted by molar-refractivity contribution is 5.86. The van der Waals surface area contributed by atoms with Crippen LogP contribution in [0.1, 0.15) is 6.92 Å². The minimum absolute atomic E-state index is 0.178. The van der Waals surface area contributed by atoms with Crippen LogP contribution in [0.25, 0.3) is 0 Å². The maximum absolute atomic E-state index is 10.2. The van der Waals surface area contributed by atoms with E-state index in [1.807, 2.05) is 0 Å². The number of likely N-dealkylation sites (N-methyl/N-ethyl adjacent to an activating group) is 1. The van der Waals surface area contributed by atoms with E-state index in [0.717, 1.165) is 0 Å². The second-order valence-corrected chi connectivity index (χ2v) is 1.06. The zero-order valence-corrected chi connectivity index (χ0v) is 4.51. The van der Waals surface area contributed by atoms with Crippen molar-refractivity contribution in [2.45, 2.75) is 6.92 Å². The van der Waals surface area contributed by atoms with Crippen LogP contribution in [-0.4, -0.2) is 13.0 Å². The van der Waals surface area contributed by atoms with Gasteiger partial charge in [-0.15, -0.1) is 0 Å². The second kappa shape index (κ2) is 3.40. The fourth-order valence-electron chi connectivity index (χ4n) is 0.217. The average Bonchev–Trinajstić information content (AvgIpc) is 1.68. The molecule has 1 amide bonds. The number of hydrogen-bond donors (Lipinski definition) is 0. The largest absolute Gasteiger partial charge is 0.268 e. The zero-order valence-electron chi connectivity index (χ0n) is 4.51. The highest BCUT2D eigenvalue weighted by Gasteiger charge is 1.84. The van der Waals surface area contributed by atoms with Gasteiger partial charge in [-0.25, -0.2) is 0 Å². The molecule has 2 heteroatoms. The van der Waals surface area contributed by atoms with Crippen LogP contribution in [-0.2, 0) is 4.79 Å². The van der Waals surface area contributed by atoms with E-state index in [4.69, 9.17) is 0 Å². The summed E-state index contributed by atoms with van der Waals surface area (Å²) in [5, 5.41) is 3.35. The summed E-state index contributed by atoms with van der Waals surface area (Å²) in [7, 11) is 1.47. The number of amides is 1. The first-order chi connectivity index (χ1) is 3.31. The predicted molar refractivity (Wildman–Crippen MR) is 27.9 cm³/mol. The Kier molecular flexibility index (Phi) is 3.02. The van der Waals surface area contributed by atoms with Crippen LogP contribution in [0.2, 0.25) is 0 Å². The minimum Gasteiger partial charge on any atom is -0.268 e. The summed E-state index contributed by atoms with van der Waals surface area (Å²) in [6.07, 6.45) is 3.08. The fraction of sp³-hybridized carbons (Fsp3) is 0.400. The number of carbonyl (C=O) groups excluding carboxylic acids is 1. The van der Waals surface area contributed by atoms with Crippen molar-refractivity contribution in [3.63, 3.8) is 0 Å². The quantitative estimate of drug-likeness (QED) is 0.434. The van der Waals surface area contributed by atoms with E-state index >= 15 is 0 Å². The average molecular weight is 98.1 g/mol. The Morgan fingerprint density at radius 3 is 2.43 bits per heavy atom. The van der Waals surface area contributed by atoms with Crippen LogP contribution in [0, 0.1) is 0 Å².